The second kappa shape index (κ2) is 3.05. The highest BCUT2D eigenvalue weighted by Crippen LogP contribution is 2.22. The number of ether oxygens (including phenoxy) is 1. The number of amides is 1. The molecular weight excluding hydrogens is 168 g/mol. The molecule has 0 spiro atoms. The summed E-state index contributed by atoms with van der Waals surface area (Å²) in [5, 5.41) is 2.70. The van der Waals surface area contributed by atoms with Gasteiger partial charge in [-0.15, -0.1) is 0 Å². The van der Waals surface area contributed by atoms with E-state index in [0.29, 0.717) is 18.1 Å². The fourth-order valence-corrected chi connectivity index (χ4v) is 1.34. The van der Waals surface area contributed by atoms with Crippen LogP contribution in [-0.4, -0.2) is 18.0 Å². The Bertz CT molecular complexity index is 349. The number of nitrogens with one attached hydrogen (secondary N) is 1. The number of aryl methyl sites for hydroxylation is 1. The summed E-state index contributed by atoms with van der Waals surface area (Å²) in [6.07, 6.45) is 1.30. The van der Waals surface area contributed by atoms with Gasteiger partial charge in [0.2, 0.25) is 11.8 Å². The summed E-state index contributed by atoms with van der Waals surface area (Å²) < 4.78 is 4.95. The molecule has 1 aliphatic rings. The van der Waals surface area contributed by atoms with E-state index < -0.39 is 0 Å². The predicted molar refractivity (Wildman–Crippen MR) is 47.7 cm³/mol. The van der Waals surface area contributed by atoms with Gasteiger partial charge in [-0.1, -0.05) is 0 Å². The summed E-state index contributed by atoms with van der Waals surface area (Å²) in [5.41, 5.74) is 1.07. The fraction of sp³-hybridized carbons (Fsp3) is 0.333. The zero-order valence-electron chi connectivity index (χ0n) is 7.33. The molecule has 1 amide bonds. The van der Waals surface area contributed by atoms with Crippen LogP contribution in [-0.2, 0) is 11.2 Å². The fourth-order valence-electron chi connectivity index (χ4n) is 1.34. The first-order valence-electron chi connectivity index (χ1n) is 4.13. The van der Waals surface area contributed by atoms with Gasteiger partial charge in [0, 0.05) is 12.5 Å². The van der Waals surface area contributed by atoms with Gasteiger partial charge in [-0.05, 0) is 18.1 Å². The van der Waals surface area contributed by atoms with Crippen molar-refractivity contribution in [3.63, 3.8) is 0 Å². The van der Waals surface area contributed by atoms with Gasteiger partial charge in [-0.2, -0.15) is 4.98 Å². The molecule has 0 radical (unpaired) electrons. The summed E-state index contributed by atoms with van der Waals surface area (Å²) in [4.78, 5) is 15.2. The molecule has 0 saturated carbocycles. The molecule has 2 rings (SSSR count). The van der Waals surface area contributed by atoms with Crippen molar-refractivity contribution in [2.75, 3.05) is 12.4 Å². The Hall–Kier alpha value is -1.58. The lowest BCUT2D eigenvalue weighted by atomic mass is 10.1. The smallest absolute Gasteiger partial charge is 0.225 e. The number of nitrogens with zero attached hydrogens (tertiary/aromatic N) is 1. The van der Waals surface area contributed by atoms with Crippen LogP contribution in [0.25, 0.3) is 0 Å². The number of pyridine rings is 1. The van der Waals surface area contributed by atoms with Gasteiger partial charge in [0.25, 0.3) is 0 Å². The number of carbonyl (C=O) groups is 1. The molecule has 0 fully saturated rings. The number of methoxy groups -OCH3 is 1. The monoisotopic (exact) mass is 178 g/mol. The number of hydrogen-bond donors (Lipinski definition) is 1. The van der Waals surface area contributed by atoms with E-state index in [1.165, 1.54) is 0 Å². The van der Waals surface area contributed by atoms with Crippen LogP contribution >= 0.6 is 0 Å². The highest BCUT2D eigenvalue weighted by atomic mass is 16.5. The second-order valence-electron chi connectivity index (χ2n) is 2.91. The molecule has 0 aromatic carbocycles. The van der Waals surface area contributed by atoms with Gasteiger partial charge in [0.1, 0.15) is 5.82 Å². The van der Waals surface area contributed by atoms with Gasteiger partial charge < -0.3 is 10.1 Å². The Labute approximate surface area is 75.9 Å². The van der Waals surface area contributed by atoms with Crippen LogP contribution in [0.15, 0.2) is 12.1 Å². The van der Waals surface area contributed by atoms with E-state index in [9.17, 15) is 4.79 Å². The lowest BCUT2D eigenvalue weighted by molar-refractivity contribution is -0.116. The van der Waals surface area contributed by atoms with Gasteiger partial charge in [0.15, 0.2) is 0 Å². The average Bonchev–Trinajstić information content (AvgIpc) is 2.16. The third-order valence-electron chi connectivity index (χ3n) is 2.04. The largest absolute Gasteiger partial charge is 0.481 e. The molecule has 0 atom stereocenters. The first-order valence-corrected chi connectivity index (χ1v) is 4.13. The molecule has 4 nitrogen and oxygen atoms in total. The van der Waals surface area contributed by atoms with Crippen molar-refractivity contribution >= 4 is 11.7 Å². The number of fused-ring (bicyclic) bond motifs is 1. The van der Waals surface area contributed by atoms with Crippen LogP contribution < -0.4 is 10.1 Å². The van der Waals surface area contributed by atoms with Crippen LogP contribution in [0.5, 0.6) is 5.88 Å². The predicted octanol–water partition coefficient (Wildman–Crippen LogP) is 0.975. The normalized spacial score (nSPS) is 14.7. The molecule has 1 aromatic heterocycles. The number of rotatable bonds is 1. The van der Waals surface area contributed by atoms with E-state index in [-0.39, 0.29) is 5.91 Å². The molecule has 4 heteroatoms. The maximum Gasteiger partial charge on any atom is 0.225 e. The molecule has 0 unspecified atom stereocenters. The molecule has 1 N–H and O–H groups in total. The molecule has 2 heterocycles. The van der Waals surface area contributed by atoms with E-state index in [0.717, 1.165) is 12.0 Å². The lowest BCUT2D eigenvalue weighted by Crippen LogP contribution is -2.20. The Morgan fingerprint density at radius 2 is 2.31 bits per heavy atom. The molecule has 0 saturated heterocycles. The molecular formula is C9H10N2O2. The summed E-state index contributed by atoms with van der Waals surface area (Å²) in [6, 6.07) is 3.73. The SMILES string of the molecule is COc1ccc2c(n1)NC(=O)CC2. The number of hydrogen-bond acceptors (Lipinski definition) is 3. The summed E-state index contributed by atoms with van der Waals surface area (Å²) in [7, 11) is 1.55. The van der Waals surface area contributed by atoms with Crippen LogP contribution in [0, 0.1) is 0 Å². The second-order valence-corrected chi connectivity index (χ2v) is 2.91. The van der Waals surface area contributed by atoms with Crippen LogP contribution in [0.4, 0.5) is 5.82 Å². The maximum atomic E-state index is 11.0. The zero-order chi connectivity index (χ0) is 9.26. The third-order valence-corrected chi connectivity index (χ3v) is 2.04. The van der Waals surface area contributed by atoms with E-state index in [1.54, 1.807) is 13.2 Å². The van der Waals surface area contributed by atoms with E-state index >= 15 is 0 Å². The van der Waals surface area contributed by atoms with Crippen molar-refractivity contribution in [2.45, 2.75) is 12.8 Å². The van der Waals surface area contributed by atoms with Crippen LogP contribution in [0.3, 0.4) is 0 Å². The summed E-state index contributed by atoms with van der Waals surface area (Å²) >= 11 is 0. The molecule has 0 aliphatic carbocycles. The van der Waals surface area contributed by atoms with Crippen molar-refractivity contribution in [3.8, 4) is 5.88 Å². The van der Waals surface area contributed by atoms with Gasteiger partial charge in [-0.25, -0.2) is 0 Å². The minimum Gasteiger partial charge on any atom is -0.481 e. The van der Waals surface area contributed by atoms with Gasteiger partial charge in [-0.3, -0.25) is 4.79 Å². The Morgan fingerprint density at radius 1 is 1.46 bits per heavy atom. The zero-order valence-corrected chi connectivity index (χ0v) is 7.33. The van der Waals surface area contributed by atoms with E-state index in [1.807, 2.05) is 6.07 Å². The quantitative estimate of drug-likeness (QED) is 0.697. The minimum absolute atomic E-state index is 0.0215. The number of carbonyl (C=O) groups excluding carboxylic acids is 1. The highest BCUT2D eigenvalue weighted by Gasteiger charge is 2.15. The summed E-state index contributed by atoms with van der Waals surface area (Å²) in [6.45, 7) is 0. The molecule has 1 aliphatic heterocycles. The summed E-state index contributed by atoms with van der Waals surface area (Å²) in [5.74, 6) is 1.19. The molecule has 0 bridgehead atoms. The maximum absolute atomic E-state index is 11.0. The Kier molecular flexibility index (Phi) is 1.88. The van der Waals surface area contributed by atoms with Crippen molar-refractivity contribution < 1.29 is 9.53 Å². The average molecular weight is 178 g/mol. The third kappa shape index (κ3) is 1.47. The number of anilines is 1. The molecule has 68 valence electrons. The first-order chi connectivity index (χ1) is 6.29. The minimum atomic E-state index is 0.0215. The highest BCUT2D eigenvalue weighted by molar-refractivity contribution is 5.92. The van der Waals surface area contributed by atoms with E-state index in [2.05, 4.69) is 10.3 Å². The van der Waals surface area contributed by atoms with Gasteiger partial charge in [0.05, 0.1) is 7.11 Å². The van der Waals surface area contributed by atoms with Crippen molar-refractivity contribution in [1.82, 2.24) is 4.98 Å². The van der Waals surface area contributed by atoms with Crippen molar-refractivity contribution in [1.29, 1.82) is 0 Å². The van der Waals surface area contributed by atoms with Crippen LogP contribution in [0.2, 0.25) is 0 Å². The first kappa shape index (κ1) is 8.04. The number of aromatic nitrogens is 1. The standard InChI is InChI=1S/C9H10N2O2/c1-13-8-5-3-6-2-4-7(12)10-9(6)11-8/h3,5H,2,4H2,1H3,(H,10,11,12). The van der Waals surface area contributed by atoms with Crippen molar-refractivity contribution in [3.05, 3.63) is 17.7 Å². The molecule has 13 heavy (non-hydrogen) atoms. The van der Waals surface area contributed by atoms with E-state index in [4.69, 9.17) is 4.74 Å². The van der Waals surface area contributed by atoms with Gasteiger partial charge >= 0.3 is 0 Å². The Morgan fingerprint density at radius 3 is 3.08 bits per heavy atom. The van der Waals surface area contributed by atoms with Crippen LogP contribution in [0.1, 0.15) is 12.0 Å². The molecule has 1 aromatic rings. The van der Waals surface area contributed by atoms with Crippen molar-refractivity contribution in [2.24, 2.45) is 0 Å². The topological polar surface area (TPSA) is 51.2 Å². The lowest BCUT2D eigenvalue weighted by Gasteiger charge is -2.15. The Balaban J connectivity index is 2.38.